The van der Waals surface area contributed by atoms with Gasteiger partial charge in [-0.25, -0.2) is 9.97 Å². The smallest absolute Gasteiger partial charge is 0.144 e. The van der Waals surface area contributed by atoms with Crippen molar-refractivity contribution < 1.29 is 5.11 Å². The highest BCUT2D eigenvalue weighted by molar-refractivity contribution is 9.10. The van der Waals surface area contributed by atoms with Crippen LogP contribution in [-0.2, 0) is 0 Å². The maximum absolute atomic E-state index is 9.72. The van der Waals surface area contributed by atoms with Crippen molar-refractivity contribution in [2.45, 2.75) is 32.4 Å². The number of nitrogens with one attached hydrogen (secondary N) is 1. The number of rotatable bonds is 3. The number of hydrogen-bond donors (Lipinski definition) is 2. The van der Waals surface area contributed by atoms with Crippen molar-refractivity contribution in [3.8, 4) is 0 Å². The van der Waals surface area contributed by atoms with Crippen LogP contribution in [0.2, 0.25) is 0 Å². The Labute approximate surface area is 91.9 Å². The van der Waals surface area contributed by atoms with Gasteiger partial charge < -0.3 is 10.4 Å². The van der Waals surface area contributed by atoms with Crippen molar-refractivity contribution in [1.82, 2.24) is 9.97 Å². The molecule has 0 aliphatic heterocycles. The normalized spacial score (nSPS) is 13.8. The third-order valence-electron chi connectivity index (χ3n) is 2.08. The molecule has 0 aliphatic carbocycles. The van der Waals surface area contributed by atoms with Gasteiger partial charge in [0.2, 0.25) is 0 Å². The summed E-state index contributed by atoms with van der Waals surface area (Å²) in [7, 11) is 0. The number of aliphatic hydroxyl groups is 1. The summed E-state index contributed by atoms with van der Waals surface area (Å²) in [6, 6.07) is -0.0892. The summed E-state index contributed by atoms with van der Waals surface area (Å²) < 4.78 is 0.788. The van der Waals surface area contributed by atoms with Gasteiger partial charge in [-0.1, -0.05) is 0 Å². The third-order valence-corrected chi connectivity index (χ3v) is 2.66. The highest BCUT2D eigenvalue weighted by atomic mass is 79.9. The fourth-order valence-corrected chi connectivity index (χ4v) is 1.14. The summed E-state index contributed by atoms with van der Waals surface area (Å²) >= 11 is 3.32. The summed E-state index contributed by atoms with van der Waals surface area (Å²) in [5.74, 6) is 0.689. The molecule has 1 atom stereocenters. The van der Waals surface area contributed by atoms with Gasteiger partial charge in [0, 0.05) is 6.20 Å². The minimum absolute atomic E-state index is 0.0892. The van der Waals surface area contributed by atoms with Crippen LogP contribution < -0.4 is 5.32 Å². The van der Waals surface area contributed by atoms with E-state index in [0.29, 0.717) is 5.82 Å². The second-order valence-electron chi connectivity index (χ2n) is 3.74. The monoisotopic (exact) mass is 259 g/mol. The van der Waals surface area contributed by atoms with Gasteiger partial charge >= 0.3 is 0 Å². The van der Waals surface area contributed by atoms with Gasteiger partial charge in [-0.2, -0.15) is 0 Å². The first-order valence-electron chi connectivity index (χ1n) is 4.35. The average Bonchev–Trinajstić information content (AvgIpc) is 2.07. The largest absolute Gasteiger partial charge is 0.388 e. The van der Waals surface area contributed by atoms with Crippen LogP contribution in [0.1, 0.15) is 20.8 Å². The summed E-state index contributed by atoms with van der Waals surface area (Å²) in [6.45, 7) is 5.40. The molecular weight excluding hydrogens is 246 g/mol. The van der Waals surface area contributed by atoms with Gasteiger partial charge in [0.25, 0.3) is 0 Å². The lowest BCUT2D eigenvalue weighted by Gasteiger charge is -2.27. The van der Waals surface area contributed by atoms with Crippen molar-refractivity contribution >= 4 is 21.7 Å². The summed E-state index contributed by atoms with van der Waals surface area (Å²) in [6.07, 6.45) is 3.12. The standard InChI is InChI=1S/C9H14BrN3O/c1-6(9(2,3)14)13-8-7(10)4-11-5-12-8/h4-6,14H,1-3H3,(H,11,12,13)/t6-/m1/s1. The number of aromatic nitrogens is 2. The molecule has 2 N–H and O–H groups in total. The molecule has 0 aliphatic rings. The van der Waals surface area contributed by atoms with Crippen LogP contribution in [0, 0.1) is 0 Å². The lowest BCUT2D eigenvalue weighted by molar-refractivity contribution is 0.0647. The molecule has 0 bridgehead atoms. The molecule has 4 nitrogen and oxygen atoms in total. The molecule has 1 aromatic heterocycles. The van der Waals surface area contributed by atoms with E-state index in [1.807, 2.05) is 6.92 Å². The van der Waals surface area contributed by atoms with Crippen molar-refractivity contribution in [2.75, 3.05) is 5.32 Å². The van der Waals surface area contributed by atoms with Crippen LogP contribution in [0.15, 0.2) is 17.0 Å². The van der Waals surface area contributed by atoms with Gasteiger partial charge in [0.1, 0.15) is 12.1 Å². The number of nitrogens with zero attached hydrogens (tertiary/aromatic N) is 2. The number of hydrogen-bond acceptors (Lipinski definition) is 4. The summed E-state index contributed by atoms with van der Waals surface area (Å²) in [5, 5.41) is 12.8. The van der Waals surface area contributed by atoms with E-state index < -0.39 is 5.60 Å². The zero-order chi connectivity index (χ0) is 10.8. The first kappa shape index (κ1) is 11.4. The SMILES string of the molecule is C[C@@H](Nc1ncncc1Br)C(C)(C)O. The minimum atomic E-state index is -0.787. The minimum Gasteiger partial charge on any atom is -0.388 e. The fraction of sp³-hybridized carbons (Fsp3) is 0.556. The van der Waals surface area contributed by atoms with Crippen molar-refractivity contribution in [3.63, 3.8) is 0 Å². The van der Waals surface area contributed by atoms with Crippen LogP contribution in [0.3, 0.4) is 0 Å². The molecular formula is C9H14BrN3O. The highest BCUT2D eigenvalue weighted by Crippen LogP contribution is 2.20. The molecule has 0 unspecified atom stereocenters. The van der Waals surface area contributed by atoms with Crippen molar-refractivity contribution in [2.24, 2.45) is 0 Å². The topological polar surface area (TPSA) is 58.0 Å². The Hall–Kier alpha value is -0.680. The predicted octanol–water partition coefficient (Wildman–Crippen LogP) is 1.81. The van der Waals surface area contributed by atoms with Gasteiger partial charge in [0.05, 0.1) is 16.1 Å². The second-order valence-corrected chi connectivity index (χ2v) is 4.59. The Balaban J connectivity index is 2.75. The second kappa shape index (κ2) is 4.23. The van der Waals surface area contributed by atoms with E-state index in [2.05, 4.69) is 31.2 Å². The molecule has 0 radical (unpaired) electrons. The molecule has 0 saturated heterocycles. The molecule has 0 amide bonds. The molecule has 1 rings (SSSR count). The van der Waals surface area contributed by atoms with Gasteiger partial charge in [-0.15, -0.1) is 0 Å². The lowest BCUT2D eigenvalue weighted by Crippen LogP contribution is -2.39. The Bertz CT molecular complexity index is 311. The van der Waals surface area contributed by atoms with Crippen molar-refractivity contribution in [3.05, 3.63) is 17.0 Å². The van der Waals surface area contributed by atoms with Gasteiger partial charge in [-0.05, 0) is 36.7 Å². The van der Waals surface area contributed by atoms with Crippen LogP contribution in [0.4, 0.5) is 5.82 Å². The van der Waals surface area contributed by atoms with Gasteiger partial charge in [0.15, 0.2) is 0 Å². The first-order chi connectivity index (χ1) is 6.41. The van der Waals surface area contributed by atoms with Gasteiger partial charge in [-0.3, -0.25) is 0 Å². The van der Waals surface area contributed by atoms with E-state index in [-0.39, 0.29) is 6.04 Å². The Morgan fingerprint density at radius 1 is 1.57 bits per heavy atom. The maximum atomic E-state index is 9.72. The summed E-state index contributed by atoms with van der Waals surface area (Å²) in [4.78, 5) is 7.91. The maximum Gasteiger partial charge on any atom is 0.144 e. The molecule has 0 aromatic carbocycles. The Morgan fingerprint density at radius 2 is 2.21 bits per heavy atom. The molecule has 5 heteroatoms. The van der Waals surface area contributed by atoms with E-state index in [0.717, 1.165) is 4.47 Å². The van der Waals surface area contributed by atoms with E-state index in [1.165, 1.54) is 6.33 Å². The Kier molecular flexibility index (Phi) is 3.44. The molecule has 1 aromatic rings. The van der Waals surface area contributed by atoms with Crippen molar-refractivity contribution in [1.29, 1.82) is 0 Å². The van der Waals surface area contributed by atoms with Crippen LogP contribution in [-0.4, -0.2) is 26.7 Å². The van der Waals surface area contributed by atoms with Crippen LogP contribution in [0.5, 0.6) is 0 Å². The Morgan fingerprint density at radius 3 is 2.71 bits per heavy atom. The zero-order valence-corrected chi connectivity index (χ0v) is 10.0. The van der Waals surface area contributed by atoms with E-state index in [4.69, 9.17) is 0 Å². The fourth-order valence-electron chi connectivity index (χ4n) is 0.801. The highest BCUT2D eigenvalue weighted by Gasteiger charge is 2.22. The molecule has 0 fully saturated rings. The molecule has 0 spiro atoms. The average molecular weight is 260 g/mol. The molecule has 78 valence electrons. The van der Waals surface area contributed by atoms with E-state index in [9.17, 15) is 5.11 Å². The number of anilines is 1. The molecule has 1 heterocycles. The van der Waals surface area contributed by atoms with Crippen LogP contribution >= 0.6 is 15.9 Å². The predicted molar refractivity (Wildman–Crippen MR) is 59.1 cm³/mol. The van der Waals surface area contributed by atoms with E-state index in [1.54, 1.807) is 20.0 Å². The van der Waals surface area contributed by atoms with Crippen LogP contribution in [0.25, 0.3) is 0 Å². The van der Waals surface area contributed by atoms with E-state index >= 15 is 0 Å². The summed E-state index contributed by atoms with van der Waals surface area (Å²) in [5.41, 5.74) is -0.787. The number of halogens is 1. The molecule has 14 heavy (non-hydrogen) atoms. The first-order valence-corrected chi connectivity index (χ1v) is 5.15. The lowest BCUT2D eigenvalue weighted by atomic mass is 10.0. The molecule has 0 saturated carbocycles. The third kappa shape index (κ3) is 2.92. The quantitative estimate of drug-likeness (QED) is 0.870. The zero-order valence-electron chi connectivity index (χ0n) is 8.45.